The number of hydrogen-bond donors (Lipinski definition) is 1. The van der Waals surface area contributed by atoms with E-state index in [9.17, 15) is 4.79 Å². The molecule has 1 saturated heterocycles. The number of urea groups is 1. The summed E-state index contributed by atoms with van der Waals surface area (Å²) in [4.78, 5) is 15.1. The maximum atomic E-state index is 13.1. The molecule has 0 radical (unpaired) electrons. The van der Waals surface area contributed by atoms with E-state index in [1.807, 2.05) is 29.2 Å². The molecule has 0 spiro atoms. The van der Waals surface area contributed by atoms with Crippen LogP contribution in [0, 0.1) is 5.92 Å². The standard InChI is InChI=1S/C23H28N2O3/c1-27-20-12-11-17(14-21(20)28-2)15-24-22(26)25-16-19-10-6-7-13-23(19,25)18-8-4-3-5-9-18/h3-5,8-9,11-12,14,19H,6-7,10,13,15-16H2,1-2H3,(H,24,26)/t19-,23+/m0/s1. The molecule has 2 atom stereocenters. The van der Waals surface area contributed by atoms with E-state index in [0.29, 0.717) is 24.0 Å². The third-order valence-electron chi connectivity index (χ3n) is 6.33. The second-order valence-corrected chi connectivity index (χ2v) is 7.69. The van der Waals surface area contributed by atoms with Crippen LogP contribution in [0.3, 0.4) is 0 Å². The van der Waals surface area contributed by atoms with Crippen LogP contribution in [0.2, 0.25) is 0 Å². The first kappa shape index (κ1) is 18.7. The Morgan fingerprint density at radius 3 is 2.61 bits per heavy atom. The number of ether oxygens (including phenoxy) is 2. The highest BCUT2D eigenvalue weighted by molar-refractivity contribution is 5.77. The van der Waals surface area contributed by atoms with E-state index in [4.69, 9.17) is 9.47 Å². The van der Waals surface area contributed by atoms with E-state index in [1.54, 1.807) is 14.2 Å². The number of carbonyl (C=O) groups is 1. The van der Waals surface area contributed by atoms with Crippen molar-refractivity contribution in [1.82, 2.24) is 10.2 Å². The minimum atomic E-state index is -0.138. The molecule has 4 rings (SSSR count). The molecule has 5 nitrogen and oxygen atoms in total. The Morgan fingerprint density at radius 1 is 1.11 bits per heavy atom. The maximum Gasteiger partial charge on any atom is 0.318 e. The molecule has 1 saturated carbocycles. The van der Waals surface area contributed by atoms with Crippen molar-refractivity contribution in [3.05, 3.63) is 59.7 Å². The van der Waals surface area contributed by atoms with Crippen molar-refractivity contribution in [2.45, 2.75) is 37.8 Å². The van der Waals surface area contributed by atoms with E-state index in [-0.39, 0.29) is 11.6 Å². The molecule has 0 unspecified atom stereocenters. The number of benzene rings is 2. The van der Waals surface area contributed by atoms with Gasteiger partial charge < -0.3 is 19.7 Å². The van der Waals surface area contributed by atoms with Crippen LogP contribution in [0.25, 0.3) is 0 Å². The number of carbonyl (C=O) groups excluding carboxylic acids is 1. The fraction of sp³-hybridized carbons (Fsp3) is 0.435. The smallest absolute Gasteiger partial charge is 0.318 e. The third kappa shape index (κ3) is 3.09. The molecular formula is C23H28N2O3. The van der Waals surface area contributed by atoms with Gasteiger partial charge in [0.15, 0.2) is 11.5 Å². The lowest BCUT2D eigenvalue weighted by Crippen LogP contribution is -2.69. The molecule has 0 aromatic heterocycles. The molecule has 2 aromatic rings. The zero-order chi connectivity index (χ0) is 19.6. The number of fused-ring (bicyclic) bond motifs is 1. The molecule has 1 N–H and O–H groups in total. The van der Waals surface area contributed by atoms with Gasteiger partial charge in [0.2, 0.25) is 0 Å². The van der Waals surface area contributed by atoms with Crippen molar-refractivity contribution in [2.75, 3.05) is 20.8 Å². The van der Waals surface area contributed by atoms with Gasteiger partial charge in [-0.3, -0.25) is 0 Å². The van der Waals surface area contributed by atoms with E-state index >= 15 is 0 Å². The molecule has 148 valence electrons. The molecule has 2 fully saturated rings. The largest absolute Gasteiger partial charge is 0.493 e. The molecule has 28 heavy (non-hydrogen) atoms. The summed E-state index contributed by atoms with van der Waals surface area (Å²) < 4.78 is 10.6. The van der Waals surface area contributed by atoms with Crippen molar-refractivity contribution >= 4 is 6.03 Å². The second kappa shape index (κ2) is 7.74. The highest BCUT2D eigenvalue weighted by Gasteiger charge is 2.56. The topological polar surface area (TPSA) is 50.8 Å². The summed E-state index contributed by atoms with van der Waals surface area (Å²) in [7, 11) is 3.24. The fourth-order valence-electron chi connectivity index (χ4n) is 4.89. The zero-order valence-corrected chi connectivity index (χ0v) is 16.6. The zero-order valence-electron chi connectivity index (χ0n) is 16.6. The van der Waals surface area contributed by atoms with Crippen LogP contribution in [-0.4, -0.2) is 31.7 Å². The number of hydrogen-bond acceptors (Lipinski definition) is 3. The Kier molecular flexibility index (Phi) is 5.16. The predicted octanol–water partition coefficient (Wildman–Crippen LogP) is 4.31. The van der Waals surface area contributed by atoms with Gasteiger partial charge in [-0.1, -0.05) is 49.2 Å². The van der Waals surface area contributed by atoms with Gasteiger partial charge in [0, 0.05) is 19.0 Å². The van der Waals surface area contributed by atoms with Gasteiger partial charge in [0.25, 0.3) is 0 Å². The molecule has 2 amide bonds. The number of nitrogens with zero attached hydrogens (tertiary/aromatic N) is 1. The summed E-state index contributed by atoms with van der Waals surface area (Å²) in [5.74, 6) is 1.93. The van der Waals surface area contributed by atoms with Crippen molar-refractivity contribution in [3.8, 4) is 11.5 Å². The van der Waals surface area contributed by atoms with Gasteiger partial charge in [-0.2, -0.15) is 0 Å². The highest BCUT2D eigenvalue weighted by atomic mass is 16.5. The predicted molar refractivity (Wildman–Crippen MR) is 109 cm³/mol. The maximum absolute atomic E-state index is 13.1. The van der Waals surface area contributed by atoms with Crippen molar-refractivity contribution < 1.29 is 14.3 Å². The molecule has 2 aromatic carbocycles. The summed E-state index contributed by atoms with van der Waals surface area (Å²) in [5.41, 5.74) is 2.12. The summed E-state index contributed by atoms with van der Waals surface area (Å²) in [6, 6.07) is 16.3. The van der Waals surface area contributed by atoms with E-state index in [1.165, 1.54) is 24.8 Å². The van der Waals surface area contributed by atoms with Crippen LogP contribution in [0.4, 0.5) is 4.79 Å². The Balaban J connectivity index is 1.49. The van der Waals surface area contributed by atoms with Gasteiger partial charge in [0.1, 0.15) is 0 Å². The van der Waals surface area contributed by atoms with Gasteiger partial charge >= 0.3 is 6.03 Å². The van der Waals surface area contributed by atoms with Crippen molar-refractivity contribution in [3.63, 3.8) is 0 Å². The quantitative estimate of drug-likeness (QED) is 0.841. The molecule has 0 bridgehead atoms. The summed E-state index contributed by atoms with van der Waals surface area (Å²) in [6.45, 7) is 1.30. The van der Waals surface area contributed by atoms with Crippen molar-refractivity contribution in [1.29, 1.82) is 0 Å². The second-order valence-electron chi connectivity index (χ2n) is 7.69. The first-order valence-electron chi connectivity index (χ1n) is 10.0. The molecule has 1 aliphatic heterocycles. The molecule has 1 aliphatic carbocycles. The molecule has 1 heterocycles. The summed E-state index contributed by atoms with van der Waals surface area (Å²) >= 11 is 0. The number of methoxy groups -OCH3 is 2. The Hall–Kier alpha value is -2.69. The van der Waals surface area contributed by atoms with Crippen LogP contribution in [0.15, 0.2) is 48.5 Å². The van der Waals surface area contributed by atoms with Crippen LogP contribution in [0.5, 0.6) is 11.5 Å². The van der Waals surface area contributed by atoms with Crippen LogP contribution < -0.4 is 14.8 Å². The molecule has 2 aliphatic rings. The average Bonchev–Trinajstić information content (AvgIpc) is 2.73. The van der Waals surface area contributed by atoms with Crippen molar-refractivity contribution in [2.24, 2.45) is 5.92 Å². The normalized spacial score (nSPS) is 23.4. The van der Waals surface area contributed by atoms with Gasteiger partial charge in [-0.05, 0) is 36.1 Å². The lowest BCUT2D eigenvalue weighted by molar-refractivity contribution is -0.0794. The van der Waals surface area contributed by atoms with Crippen LogP contribution in [-0.2, 0) is 12.1 Å². The minimum Gasteiger partial charge on any atom is -0.493 e. The Morgan fingerprint density at radius 2 is 1.89 bits per heavy atom. The Labute approximate surface area is 166 Å². The van der Waals surface area contributed by atoms with Crippen LogP contribution >= 0.6 is 0 Å². The Bertz CT molecular complexity index is 839. The molecule has 5 heteroatoms. The monoisotopic (exact) mass is 380 g/mol. The summed E-state index contributed by atoms with van der Waals surface area (Å²) in [5, 5.41) is 3.11. The number of nitrogens with one attached hydrogen (secondary N) is 1. The van der Waals surface area contributed by atoms with Crippen LogP contribution in [0.1, 0.15) is 36.8 Å². The lowest BCUT2D eigenvalue weighted by atomic mass is 9.62. The number of rotatable bonds is 5. The van der Waals surface area contributed by atoms with E-state index in [2.05, 4.69) is 29.6 Å². The summed E-state index contributed by atoms with van der Waals surface area (Å²) in [6.07, 6.45) is 4.69. The van der Waals surface area contributed by atoms with Gasteiger partial charge in [0.05, 0.1) is 19.8 Å². The minimum absolute atomic E-state index is 0.0109. The first-order valence-corrected chi connectivity index (χ1v) is 10.0. The lowest BCUT2D eigenvalue weighted by Gasteiger charge is -2.61. The van der Waals surface area contributed by atoms with Gasteiger partial charge in [-0.15, -0.1) is 0 Å². The molecular weight excluding hydrogens is 352 g/mol. The SMILES string of the molecule is COc1ccc(CNC(=O)N2C[C@@H]3CCCC[C@@]32c2ccccc2)cc1OC. The number of likely N-dealkylation sites (tertiary alicyclic amines) is 1. The van der Waals surface area contributed by atoms with E-state index < -0.39 is 0 Å². The third-order valence-corrected chi connectivity index (χ3v) is 6.33. The number of amides is 2. The van der Waals surface area contributed by atoms with Gasteiger partial charge in [-0.25, -0.2) is 4.79 Å². The van der Waals surface area contributed by atoms with E-state index in [0.717, 1.165) is 18.5 Å². The average molecular weight is 380 g/mol. The fourth-order valence-corrected chi connectivity index (χ4v) is 4.89. The first-order chi connectivity index (χ1) is 13.7. The highest BCUT2D eigenvalue weighted by Crippen LogP contribution is 2.53.